The molecule has 3 rings (SSSR count). The number of carbonyl (C=O) groups is 2. The number of primary amides is 1. The van der Waals surface area contributed by atoms with Gasteiger partial charge in [-0.1, -0.05) is 33.8 Å². The molecule has 0 unspecified atom stereocenters. The lowest BCUT2D eigenvalue weighted by Crippen LogP contribution is -2.34. The largest absolute Gasteiger partial charge is 0.496 e. The van der Waals surface area contributed by atoms with Crippen molar-refractivity contribution in [3.8, 4) is 22.6 Å². The van der Waals surface area contributed by atoms with Gasteiger partial charge in [0.05, 0.1) is 13.7 Å². The molecule has 194 valence electrons. The number of hydrogen-bond acceptors (Lipinski definition) is 4. The van der Waals surface area contributed by atoms with Gasteiger partial charge in [0.15, 0.2) is 0 Å². The van der Waals surface area contributed by atoms with Gasteiger partial charge in [-0.05, 0) is 90.0 Å². The Morgan fingerprint density at radius 1 is 0.944 bits per heavy atom. The number of aliphatic carboxylic acids is 1. The first-order chi connectivity index (χ1) is 16.9. The topological polar surface area (TPSA) is 98.8 Å². The zero-order valence-corrected chi connectivity index (χ0v) is 22.1. The van der Waals surface area contributed by atoms with Crippen LogP contribution in [0.25, 0.3) is 17.2 Å². The summed E-state index contributed by atoms with van der Waals surface area (Å²) in [6.07, 6.45) is 7.72. The number of nitrogens with two attached hydrogens (primary N) is 1. The molecule has 0 radical (unpaired) electrons. The van der Waals surface area contributed by atoms with Crippen molar-refractivity contribution in [2.45, 2.75) is 77.0 Å². The molecule has 3 N–H and O–H groups in total. The fourth-order valence-electron chi connectivity index (χ4n) is 4.89. The molecule has 0 aliphatic heterocycles. The molecule has 2 aromatic carbocycles. The molecular formula is C30H39NO5. The summed E-state index contributed by atoms with van der Waals surface area (Å²) >= 11 is 0. The molecule has 0 bridgehead atoms. The predicted octanol–water partition coefficient (Wildman–Crippen LogP) is 6.23. The van der Waals surface area contributed by atoms with Crippen LogP contribution in [-0.2, 0) is 20.4 Å². The van der Waals surface area contributed by atoms with Crippen molar-refractivity contribution < 1.29 is 24.2 Å². The van der Waals surface area contributed by atoms with Crippen LogP contribution in [0, 0.1) is 0 Å². The van der Waals surface area contributed by atoms with Crippen molar-refractivity contribution in [3.63, 3.8) is 0 Å². The minimum Gasteiger partial charge on any atom is -0.496 e. The van der Waals surface area contributed by atoms with E-state index in [0.717, 1.165) is 60.6 Å². The third-order valence-electron chi connectivity index (χ3n) is 7.21. The van der Waals surface area contributed by atoms with Gasteiger partial charge < -0.3 is 20.3 Å². The molecule has 0 saturated heterocycles. The monoisotopic (exact) mass is 493 g/mol. The number of amides is 1. The van der Waals surface area contributed by atoms with Gasteiger partial charge in [-0.2, -0.15) is 0 Å². The number of rotatable bonds is 11. The average molecular weight is 494 g/mol. The summed E-state index contributed by atoms with van der Waals surface area (Å²) in [7, 11) is 1.64. The van der Waals surface area contributed by atoms with Crippen LogP contribution in [0.3, 0.4) is 0 Å². The highest BCUT2D eigenvalue weighted by atomic mass is 16.5. The molecule has 0 fully saturated rings. The highest BCUT2D eigenvalue weighted by molar-refractivity contribution is 5.86. The Kier molecular flexibility index (Phi) is 8.49. The number of carboxylic acid groups (broad SMARTS) is 1. The number of fused-ring (bicyclic) bond motifs is 1. The molecule has 0 saturated carbocycles. The van der Waals surface area contributed by atoms with Crippen LogP contribution in [-0.4, -0.2) is 30.7 Å². The second-order valence-corrected chi connectivity index (χ2v) is 10.9. The Bertz CT molecular complexity index is 1150. The maximum atomic E-state index is 11.1. The normalized spacial score (nSPS) is 15.9. The number of benzene rings is 2. The Hall–Kier alpha value is -3.28. The number of carbonyl (C=O) groups excluding carboxylic acids is 1. The van der Waals surface area contributed by atoms with E-state index in [0.29, 0.717) is 18.8 Å². The van der Waals surface area contributed by atoms with Gasteiger partial charge in [0.1, 0.15) is 11.5 Å². The van der Waals surface area contributed by atoms with E-state index in [9.17, 15) is 9.59 Å². The summed E-state index contributed by atoms with van der Waals surface area (Å²) in [6, 6.07) is 10.1. The molecule has 0 atom stereocenters. The van der Waals surface area contributed by atoms with Crippen molar-refractivity contribution in [1.29, 1.82) is 0 Å². The molecule has 1 aliphatic carbocycles. The first-order valence-electron chi connectivity index (χ1n) is 12.6. The summed E-state index contributed by atoms with van der Waals surface area (Å²) in [5, 5.41) is 9.08. The van der Waals surface area contributed by atoms with E-state index in [2.05, 4.69) is 39.8 Å². The predicted molar refractivity (Wildman–Crippen MR) is 144 cm³/mol. The Morgan fingerprint density at radius 2 is 1.58 bits per heavy atom. The first kappa shape index (κ1) is 27.3. The molecule has 0 aromatic heterocycles. The quantitative estimate of drug-likeness (QED) is 0.285. The third kappa shape index (κ3) is 6.48. The van der Waals surface area contributed by atoms with Gasteiger partial charge in [-0.25, -0.2) is 4.79 Å². The van der Waals surface area contributed by atoms with E-state index in [4.69, 9.17) is 20.3 Å². The van der Waals surface area contributed by atoms with Crippen LogP contribution in [0.4, 0.5) is 0 Å². The molecule has 1 aliphatic rings. The summed E-state index contributed by atoms with van der Waals surface area (Å²) in [6.45, 7) is 9.66. The lowest BCUT2D eigenvalue weighted by molar-refractivity contribution is -0.131. The lowest BCUT2D eigenvalue weighted by atomic mass is 9.62. The smallest absolute Gasteiger partial charge is 0.328 e. The number of unbranched alkanes of at least 4 members (excludes halogenated alkanes) is 2. The summed E-state index contributed by atoms with van der Waals surface area (Å²) in [4.78, 5) is 22.1. The zero-order valence-electron chi connectivity index (χ0n) is 22.1. The summed E-state index contributed by atoms with van der Waals surface area (Å²) < 4.78 is 12.1. The summed E-state index contributed by atoms with van der Waals surface area (Å²) in [5.74, 6) is 0.209. The van der Waals surface area contributed by atoms with E-state index in [1.165, 1.54) is 11.1 Å². The van der Waals surface area contributed by atoms with Gasteiger partial charge in [-0.15, -0.1) is 0 Å². The van der Waals surface area contributed by atoms with Gasteiger partial charge in [0.2, 0.25) is 5.91 Å². The number of hydrogen-bond donors (Lipinski definition) is 2. The van der Waals surface area contributed by atoms with Crippen LogP contribution >= 0.6 is 0 Å². The van der Waals surface area contributed by atoms with Crippen molar-refractivity contribution in [3.05, 3.63) is 53.1 Å². The Labute approximate surface area is 214 Å². The molecule has 0 spiro atoms. The minimum absolute atomic E-state index is 0.0148. The van der Waals surface area contributed by atoms with Crippen molar-refractivity contribution in [2.75, 3.05) is 13.7 Å². The van der Waals surface area contributed by atoms with Crippen molar-refractivity contribution in [1.82, 2.24) is 0 Å². The van der Waals surface area contributed by atoms with Crippen LogP contribution in [0.5, 0.6) is 11.5 Å². The molecule has 6 nitrogen and oxygen atoms in total. The standard InChI is InChI=1S/C30H39NO5/c1-29(2)14-15-30(3,4)24-19-26(36-16-8-6-7-9-27(31)32)22(18-23(24)29)21-17-20(11-13-28(33)34)10-12-25(21)35-5/h10-13,17-19H,6-9,14-16H2,1-5H3,(H2,31,32)(H,33,34)/b13-11+. The molecule has 2 aromatic rings. The van der Waals surface area contributed by atoms with E-state index in [-0.39, 0.29) is 16.7 Å². The SMILES string of the molecule is COc1ccc(/C=C/C(=O)O)cc1-c1cc2c(cc1OCCCCCC(N)=O)C(C)(C)CCC2(C)C. The fourth-order valence-corrected chi connectivity index (χ4v) is 4.89. The second kappa shape index (κ2) is 11.2. The number of methoxy groups -OCH3 is 1. The average Bonchev–Trinajstić information content (AvgIpc) is 2.82. The Morgan fingerprint density at radius 3 is 2.19 bits per heavy atom. The van der Waals surface area contributed by atoms with Gasteiger partial charge in [-0.3, -0.25) is 4.79 Å². The van der Waals surface area contributed by atoms with Gasteiger partial charge >= 0.3 is 5.97 Å². The van der Waals surface area contributed by atoms with E-state index in [1.54, 1.807) is 13.2 Å². The number of carboxylic acids is 1. The number of ether oxygens (including phenoxy) is 2. The second-order valence-electron chi connectivity index (χ2n) is 10.9. The summed E-state index contributed by atoms with van der Waals surface area (Å²) in [5.41, 5.74) is 10.4. The lowest BCUT2D eigenvalue weighted by Gasteiger charge is -2.42. The van der Waals surface area contributed by atoms with Gasteiger partial charge in [0.25, 0.3) is 0 Å². The molecule has 36 heavy (non-hydrogen) atoms. The first-order valence-corrected chi connectivity index (χ1v) is 12.6. The van der Waals surface area contributed by atoms with Crippen molar-refractivity contribution >= 4 is 18.0 Å². The van der Waals surface area contributed by atoms with E-state index < -0.39 is 5.97 Å². The van der Waals surface area contributed by atoms with E-state index in [1.807, 2.05) is 18.2 Å². The van der Waals surface area contributed by atoms with Crippen LogP contribution in [0.2, 0.25) is 0 Å². The minimum atomic E-state index is -0.995. The maximum absolute atomic E-state index is 11.1. The highest BCUT2D eigenvalue weighted by Gasteiger charge is 2.38. The van der Waals surface area contributed by atoms with Gasteiger partial charge in [0, 0.05) is 23.6 Å². The molecule has 1 amide bonds. The Balaban J connectivity index is 2.08. The molecule has 6 heteroatoms. The zero-order chi connectivity index (χ0) is 26.5. The molecule has 0 heterocycles. The molecular weight excluding hydrogens is 454 g/mol. The van der Waals surface area contributed by atoms with Crippen LogP contribution in [0.1, 0.15) is 82.9 Å². The van der Waals surface area contributed by atoms with Crippen molar-refractivity contribution in [2.24, 2.45) is 5.73 Å². The fraction of sp³-hybridized carbons (Fsp3) is 0.467. The van der Waals surface area contributed by atoms with E-state index >= 15 is 0 Å². The van der Waals surface area contributed by atoms with Crippen LogP contribution < -0.4 is 15.2 Å². The maximum Gasteiger partial charge on any atom is 0.328 e. The van der Waals surface area contributed by atoms with Crippen LogP contribution in [0.15, 0.2) is 36.4 Å². The highest BCUT2D eigenvalue weighted by Crippen LogP contribution is 2.50. The third-order valence-corrected chi connectivity index (χ3v) is 7.21.